The van der Waals surface area contributed by atoms with Crippen molar-refractivity contribution < 1.29 is 39.8 Å². The van der Waals surface area contributed by atoms with Crippen molar-refractivity contribution in [3.05, 3.63) is 85.1 Å². The molecule has 0 aromatic carbocycles. The number of hydrogen-bond acceptors (Lipinski definition) is 8. The zero-order valence-corrected chi connectivity index (χ0v) is 41.9. The number of unbranched alkanes of at least 4 members (excludes halogenated alkanes) is 22. The van der Waals surface area contributed by atoms with Gasteiger partial charge in [-0.3, -0.25) is 4.79 Å². The number of rotatable bonds is 44. The van der Waals surface area contributed by atoms with Crippen LogP contribution in [0.15, 0.2) is 85.1 Å². The smallest absolute Gasteiger partial charge is 0.220 e. The van der Waals surface area contributed by atoms with Crippen molar-refractivity contribution in [2.24, 2.45) is 0 Å². The van der Waals surface area contributed by atoms with Crippen LogP contribution in [0.2, 0.25) is 0 Å². The predicted molar refractivity (Wildman–Crippen MR) is 276 cm³/mol. The van der Waals surface area contributed by atoms with Crippen LogP contribution in [0, 0.1) is 0 Å². The Bertz CT molecular complexity index is 1300. The largest absolute Gasteiger partial charge is 0.394 e. The number of aliphatic hydroxyl groups excluding tert-OH is 5. The van der Waals surface area contributed by atoms with E-state index in [1.807, 2.05) is 6.08 Å². The molecule has 7 atom stereocenters. The summed E-state index contributed by atoms with van der Waals surface area (Å²) in [4.78, 5) is 13.0. The Balaban J connectivity index is 2.30. The molecule has 0 aromatic rings. The van der Waals surface area contributed by atoms with Crippen LogP contribution in [0.4, 0.5) is 0 Å². The molecule has 0 aromatic heterocycles. The third kappa shape index (κ3) is 35.5. The number of ether oxygens (including phenoxy) is 2. The molecule has 1 aliphatic rings. The highest BCUT2D eigenvalue weighted by Crippen LogP contribution is 2.23. The maximum absolute atomic E-state index is 13.0. The molecule has 1 aliphatic heterocycles. The van der Waals surface area contributed by atoms with Crippen molar-refractivity contribution in [3.63, 3.8) is 0 Å². The number of hydrogen-bond donors (Lipinski definition) is 6. The van der Waals surface area contributed by atoms with E-state index in [0.29, 0.717) is 6.42 Å². The Kier molecular flexibility index (Phi) is 42.9. The van der Waals surface area contributed by atoms with Crippen molar-refractivity contribution in [3.8, 4) is 0 Å². The second kappa shape index (κ2) is 46.1. The lowest BCUT2D eigenvalue weighted by atomic mass is 9.99. The molecular formula is C57H99NO8. The first-order chi connectivity index (χ1) is 32.3. The first kappa shape index (κ1) is 61.4. The van der Waals surface area contributed by atoms with E-state index >= 15 is 0 Å². The van der Waals surface area contributed by atoms with E-state index in [0.717, 1.165) is 103 Å². The summed E-state index contributed by atoms with van der Waals surface area (Å²) in [6, 6.07) is -0.819. The standard InChI is InChI=1S/C57H99NO8/c1-3-5-7-9-11-13-15-17-19-21-23-24-25-26-27-28-29-31-33-35-37-39-41-43-45-47-53(61)58-50(49-65-57-56(64)55(63)54(62)52(48-59)66-57)51(60)46-44-42-40-38-36-34-32-30-22-20-18-16-14-12-10-8-6-4-2/h5,7,11,13,17,19,23-24,26-27,29,31,44,46,50-52,54-57,59-60,62-64H,3-4,6,8-10,12,14-16,18,20-22,25,28,30,32-43,45,47-49H2,1-2H3,(H,58,61)/b7-5-,13-11-,19-17-,24-23-,27-26-,31-29-,46-44+. The van der Waals surface area contributed by atoms with E-state index in [1.165, 1.54) is 89.9 Å². The van der Waals surface area contributed by atoms with Crippen LogP contribution < -0.4 is 5.32 Å². The molecule has 7 unspecified atom stereocenters. The molecular weight excluding hydrogens is 827 g/mol. The molecule has 1 fully saturated rings. The first-order valence-corrected chi connectivity index (χ1v) is 26.8. The van der Waals surface area contributed by atoms with Gasteiger partial charge in [0.2, 0.25) is 5.91 Å². The van der Waals surface area contributed by atoms with Crippen molar-refractivity contribution in [1.29, 1.82) is 0 Å². The molecule has 66 heavy (non-hydrogen) atoms. The molecule has 9 heteroatoms. The van der Waals surface area contributed by atoms with E-state index in [9.17, 15) is 30.3 Å². The van der Waals surface area contributed by atoms with Crippen molar-refractivity contribution in [2.45, 2.75) is 256 Å². The highest BCUT2D eigenvalue weighted by Gasteiger charge is 2.44. The highest BCUT2D eigenvalue weighted by atomic mass is 16.7. The Morgan fingerprint density at radius 1 is 0.530 bits per heavy atom. The molecule has 0 aliphatic carbocycles. The minimum absolute atomic E-state index is 0.194. The molecule has 1 saturated heterocycles. The van der Waals surface area contributed by atoms with Gasteiger partial charge in [0.25, 0.3) is 0 Å². The maximum atomic E-state index is 13.0. The third-order valence-corrected chi connectivity index (χ3v) is 12.2. The van der Waals surface area contributed by atoms with Crippen molar-refractivity contribution in [1.82, 2.24) is 5.32 Å². The lowest BCUT2D eigenvalue weighted by Gasteiger charge is -2.40. The second-order valence-corrected chi connectivity index (χ2v) is 18.3. The topological polar surface area (TPSA) is 149 Å². The second-order valence-electron chi connectivity index (χ2n) is 18.3. The SMILES string of the molecule is CC/C=C\C/C=C\C/C=C\C/C=C\C/C=C\C/C=C\CCCCCCCCC(=O)NC(COC1OC(CO)C(O)C(O)C1O)C(O)/C=C/CCCCCCCCCCCCCCCCCC. The number of aliphatic hydroxyl groups is 5. The molecule has 0 radical (unpaired) electrons. The van der Waals surface area contributed by atoms with Gasteiger partial charge in [-0.15, -0.1) is 0 Å². The number of carbonyl (C=O) groups excluding carboxylic acids is 1. The monoisotopic (exact) mass is 926 g/mol. The third-order valence-electron chi connectivity index (χ3n) is 12.2. The fourth-order valence-corrected chi connectivity index (χ4v) is 7.98. The highest BCUT2D eigenvalue weighted by molar-refractivity contribution is 5.76. The Hall–Kier alpha value is -2.63. The van der Waals surface area contributed by atoms with E-state index < -0.39 is 49.5 Å². The maximum Gasteiger partial charge on any atom is 0.220 e. The first-order valence-electron chi connectivity index (χ1n) is 26.8. The summed E-state index contributed by atoms with van der Waals surface area (Å²) in [5.74, 6) is -0.194. The van der Waals surface area contributed by atoms with Gasteiger partial charge in [0.15, 0.2) is 6.29 Å². The molecule has 6 N–H and O–H groups in total. The van der Waals surface area contributed by atoms with Gasteiger partial charge in [-0.2, -0.15) is 0 Å². The van der Waals surface area contributed by atoms with Gasteiger partial charge in [-0.25, -0.2) is 0 Å². The van der Waals surface area contributed by atoms with Crippen LogP contribution in [0.1, 0.15) is 213 Å². The number of carbonyl (C=O) groups is 1. The summed E-state index contributed by atoms with van der Waals surface area (Å²) in [5.41, 5.74) is 0. The number of nitrogens with one attached hydrogen (secondary N) is 1. The van der Waals surface area contributed by atoms with Crippen LogP contribution in [0.5, 0.6) is 0 Å². The fraction of sp³-hybridized carbons (Fsp3) is 0.737. The molecule has 0 bridgehead atoms. The summed E-state index contributed by atoms with van der Waals surface area (Å²) in [6.45, 7) is 3.65. The minimum Gasteiger partial charge on any atom is -0.394 e. The van der Waals surface area contributed by atoms with Crippen molar-refractivity contribution >= 4 is 5.91 Å². The molecule has 0 spiro atoms. The zero-order valence-electron chi connectivity index (χ0n) is 41.9. The van der Waals surface area contributed by atoms with Gasteiger partial charge in [0.05, 0.1) is 25.4 Å². The summed E-state index contributed by atoms with van der Waals surface area (Å²) in [7, 11) is 0. The Morgan fingerprint density at radius 3 is 1.39 bits per heavy atom. The molecule has 380 valence electrons. The van der Waals surface area contributed by atoms with Gasteiger partial charge >= 0.3 is 0 Å². The predicted octanol–water partition coefficient (Wildman–Crippen LogP) is 12.7. The van der Waals surface area contributed by atoms with Crippen molar-refractivity contribution in [2.75, 3.05) is 13.2 Å². The number of allylic oxidation sites excluding steroid dienone is 13. The molecule has 1 amide bonds. The van der Waals surface area contributed by atoms with E-state index in [1.54, 1.807) is 6.08 Å². The lowest BCUT2D eigenvalue weighted by molar-refractivity contribution is -0.302. The van der Waals surface area contributed by atoms with Crippen LogP contribution in [0.25, 0.3) is 0 Å². The van der Waals surface area contributed by atoms with E-state index in [2.05, 4.69) is 92.1 Å². The molecule has 1 heterocycles. The Labute approximate surface area is 403 Å². The average molecular weight is 926 g/mol. The van der Waals surface area contributed by atoms with Gasteiger partial charge in [0.1, 0.15) is 24.4 Å². The minimum atomic E-state index is -1.57. The van der Waals surface area contributed by atoms with Gasteiger partial charge in [0, 0.05) is 6.42 Å². The van der Waals surface area contributed by atoms with Gasteiger partial charge < -0.3 is 40.3 Å². The van der Waals surface area contributed by atoms with E-state index in [-0.39, 0.29) is 12.5 Å². The average Bonchev–Trinajstić information content (AvgIpc) is 3.32. The molecule has 9 nitrogen and oxygen atoms in total. The zero-order chi connectivity index (χ0) is 48.0. The van der Waals surface area contributed by atoms with Crippen LogP contribution in [-0.2, 0) is 14.3 Å². The summed E-state index contributed by atoms with van der Waals surface area (Å²) >= 11 is 0. The summed E-state index contributed by atoms with van der Waals surface area (Å²) < 4.78 is 11.2. The summed E-state index contributed by atoms with van der Waals surface area (Å²) in [6.07, 6.45) is 57.7. The normalized spacial score (nSPS) is 20.5. The fourth-order valence-electron chi connectivity index (χ4n) is 7.98. The quantitative estimate of drug-likeness (QED) is 0.0261. The van der Waals surface area contributed by atoms with Gasteiger partial charge in [-0.1, -0.05) is 221 Å². The van der Waals surface area contributed by atoms with Crippen LogP contribution in [-0.4, -0.2) is 87.5 Å². The van der Waals surface area contributed by atoms with Crippen LogP contribution in [0.3, 0.4) is 0 Å². The van der Waals surface area contributed by atoms with Crippen LogP contribution >= 0.6 is 0 Å². The van der Waals surface area contributed by atoms with E-state index in [4.69, 9.17) is 9.47 Å². The lowest BCUT2D eigenvalue weighted by Crippen LogP contribution is -2.60. The Morgan fingerprint density at radius 2 is 0.939 bits per heavy atom. The molecule has 1 rings (SSSR count). The molecule has 0 saturated carbocycles. The number of amides is 1. The van der Waals surface area contributed by atoms with Gasteiger partial charge in [-0.05, 0) is 70.6 Å². The summed E-state index contributed by atoms with van der Waals surface area (Å²) in [5, 5.41) is 54.4.